The molecule has 0 saturated heterocycles. The minimum Gasteiger partial charge on any atom is -0.299 e. The molecule has 0 aliphatic heterocycles. The lowest BCUT2D eigenvalue weighted by molar-refractivity contribution is -0.123. The lowest BCUT2D eigenvalue weighted by Gasteiger charge is -2.25. The van der Waals surface area contributed by atoms with Crippen LogP contribution in [0.2, 0.25) is 0 Å². The molecule has 0 bridgehead atoms. The van der Waals surface area contributed by atoms with Gasteiger partial charge in [-0.15, -0.1) is 0 Å². The van der Waals surface area contributed by atoms with Crippen molar-refractivity contribution in [3.63, 3.8) is 0 Å². The van der Waals surface area contributed by atoms with Gasteiger partial charge in [0.05, 0.1) is 0 Å². The molecule has 1 nitrogen and oxygen atoms in total. The maximum atomic E-state index is 11.7. The summed E-state index contributed by atoms with van der Waals surface area (Å²) < 4.78 is 0. The molecule has 0 amide bonds. The van der Waals surface area contributed by atoms with E-state index in [4.69, 9.17) is 0 Å². The number of Topliss-reactive ketones (excluding diaryl/α,β-unsaturated/α-hetero) is 1. The number of hydrogen-bond donors (Lipinski definition) is 0. The molecule has 0 spiro atoms. The van der Waals surface area contributed by atoms with Gasteiger partial charge in [-0.05, 0) is 38.5 Å². The first-order valence-electron chi connectivity index (χ1n) is 5.59. The summed E-state index contributed by atoms with van der Waals surface area (Å²) in [5.41, 5.74) is 1.47. The molecule has 2 rings (SSSR count). The first-order valence-corrected chi connectivity index (χ1v) is 5.59. The van der Waals surface area contributed by atoms with Crippen LogP contribution in [0.1, 0.15) is 51.4 Å². The smallest absolute Gasteiger partial charge is 0.139 e. The predicted molar refractivity (Wildman–Crippen MR) is 53.5 cm³/mol. The standard InChI is InChI=1S/C12H18O/c13-12-9-5-4-8-11(12)10-6-2-1-3-7-10/h6,11H,1-5,7-9H2/t11-/m0/s1. The summed E-state index contributed by atoms with van der Waals surface area (Å²) >= 11 is 0. The fraction of sp³-hybridized carbons (Fsp3) is 0.750. The highest BCUT2D eigenvalue weighted by molar-refractivity contribution is 5.84. The van der Waals surface area contributed by atoms with Gasteiger partial charge in [0.15, 0.2) is 0 Å². The molecule has 13 heavy (non-hydrogen) atoms. The number of ketones is 1. The van der Waals surface area contributed by atoms with Gasteiger partial charge in [-0.2, -0.15) is 0 Å². The van der Waals surface area contributed by atoms with E-state index in [1.54, 1.807) is 0 Å². The molecular weight excluding hydrogens is 160 g/mol. The Labute approximate surface area is 80.2 Å². The maximum Gasteiger partial charge on any atom is 0.139 e. The molecule has 2 aliphatic rings. The number of allylic oxidation sites excluding steroid dienone is 2. The molecule has 0 radical (unpaired) electrons. The Bertz CT molecular complexity index is 227. The zero-order valence-corrected chi connectivity index (χ0v) is 8.22. The Balaban J connectivity index is 2.04. The molecule has 72 valence electrons. The molecule has 0 N–H and O–H groups in total. The van der Waals surface area contributed by atoms with Crippen LogP contribution in [0.25, 0.3) is 0 Å². The Kier molecular flexibility index (Phi) is 2.82. The fourth-order valence-corrected chi connectivity index (χ4v) is 2.55. The van der Waals surface area contributed by atoms with Gasteiger partial charge in [-0.25, -0.2) is 0 Å². The third-order valence-corrected chi connectivity index (χ3v) is 3.33. The van der Waals surface area contributed by atoms with Gasteiger partial charge in [-0.3, -0.25) is 4.79 Å². The van der Waals surface area contributed by atoms with E-state index >= 15 is 0 Å². The number of carbonyl (C=O) groups is 1. The van der Waals surface area contributed by atoms with Gasteiger partial charge in [0.25, 0.3) is 0 Å². The highest BCUT2D eigenvalue weighted by Crippen LogP contribution is 2.32. The maximum absolute atomic E-state index is 11.7. The van der Waals surface area contributed by atoms with Crippen molar-refractivity contribution in [3.8, 4) is 0 Å². The zero-order valence-electron chi connectivity index (χ0n) is 8.22. The summed E-state index contributed by atoms with van der Waals surface area (Å²) in [4.78, 5) is 11.7. The van der Waals surface area contributed by atoms with Crippen molar-refractivity contribution < 1.29 is 4.79 Å². The van der Waals surface area contributed by atoms with E-state index in [-0.39, 0.29) is 0 Å². The first kappa shape index (κ1) is 8.98. The van der Waals surface area contributed by atoms with Crippen molar-refractivity contribution in [1.29, 1.82) is 0 Å². The second-order valence-electron chi connectivity index (χ2n) is 4.29. The van der Waals surface area contributed by atoms with Crippen LogP contribution in [0.4, 0.5) is 0 Å². The molecule has 1 atom stereocenters. The summed E-state index contributed by atoms with van der Waals surface area (Å²) in [5, 5.41) is 0. The lowest BCUT2D eigenvalue weighted by Crippen LogP contribution is -2.21. The Morgan fingerprint density at radius 2 is 1.92 bits per heavy atom. The average molecular weight is 178 g/mol. The van der Waals surface area contributed by atoms with Crippen LogP contribution in [0.15, 0.2) is 11.6 Å². The molecule has 0 unspecified atom stereocenters. The van der Waals surface area contributed by atoms with E-state index in [9.17, 15) is 4.79 Å². The first-order chi connectivity index (χ1) is 6.38. The molecule has 0 aromatic rings. The van der Waals surface area contributed by atoms with E-state index in [1.165, 1.54) is 37.7 Å². The van der Waals surface area contributed by atoms with Gasteiger partial charge < -0.3 is 0 Å². The van der Waals surface area contributed by atoms with Crippen LogP contribution < -0.4 is 0 Å². The molecule has 1 saturated carbocycles. The number of rotatable bonds is 1. The molecule has 0 aromatic carbocycles. The topological polar surface area (TPSA) is 17.1 Å². The van der Waals surface area contributed by atoms with Gasteiger partial charge in [0.1, 0.15) is 5.78 Å². The largest absolute Gasteiger partial charge is 0.299 e. The van der Waals surface area contributed by atoms with Crippen molar-refractivity contribution in [2.75, 3.05) is 0 Å². The van der Waals surface area contributed by atoms with Gasteiger partial charge in [0, 0.05) is 12.3 Å². The van der Waals surface area contributed by atoms with Crippen LogP contribution in [0.5, 0.6) is 0 Å². The Hall–Kier alpha value is -0.590. The van der Waals surface area contributed by atoms with E-state index in [0.717, 1.165) is 19.3 Å². The van der Waals surface area contributed by atoms with Crippen molar-refractivity contribution in [3.05, 3.63) is 11.6 Å². The molecule has 0 aromatic heterocycles. The average Bonchev–Trinajstić information content (AvgIpc) is 2.20. The minimum atomic E-state index is 0.328. The molecule has 1 heteroatoms. The van der Waals surface area contributed by atoms with E-state index < -0.39 is 0 Å². The van der Waals surface area contributed by atoms with E-state index in [0.29, 0.717) is 11.7 Å². The van der Waals surface area contributed by atoms with E-state index in [2.05, 4.69) is 6.08 Å². The summed E-state index contributed by atoms with van der Waals surface area (Å²) in [7, 11) is 0. The van der Waals surface area contributed by atoms with Crippen LogP contribution in [-0.2, 0) is 4.79 Å². The summed E-state index contributed by atoms with van der Waals surface area (Å²) in [6.07, 6.45) is 11.7. The SMILES string of the molecule is O=C1CCCC[C@H]1C1=CCCCC1. The van der Waals surface area contributed by atoms with Crippen LogP contribution >= 0.6 is 0 Å². The van der Waals surface area contributed by atoms with Gasteiger partial charge >= 0.3 is 0 Å². The summed E-state index contributed by atoms with van der Waals surface area (Å²) in [5.74, 6) is 0.841. The minimum absolute atomic E-state index is 0.328. The fourth-order valence-electron chi connectivity index (χ4n) is 2.55. The normalized spacial score (nSPS) is 30.0. The second kappa shape index (κ2) is 4.08. The zero-order chi connectivity index (χ0) is 9.10. The monoisotopic (exact) mass is 178 g/mol. The summed E-state index contributed by atoms with van der Waals surface area (Å²) in [6.45, 7) is 0. The van der Waals surface area contributed by atoms with Gasteiger partial charge in [-0.1, -0.05) is 18.1 Å². The Morgan fingerprint density at radius 1 is 1.08 bits per heavy atom. The highest BCUT2D eigenvalue weighted by Gasteiger charge is 2.25. The highest BCUT2D eigenvalue weighted by atomic mass is 16.1. The second-order valence-corrected chi connectivity index (χ2v) is 4.29. The third kappa shape index (κ3) is 2.01. The lowest BCUT2D eigenvalue weighted by atomic mass is 9.79. The molecule has 1 fully saturated rings. The molecule has 0 heterocycles. The van der Waals surface area contributed by atoms with Crippen LogP contribution in [-0.4, -0.2) is 5.78 Å². The number of hydrogen-bond acceptors (Lipinski definition) is 1. The summed E-state index contributed by atoms with van der Waals surface area (Å²) in [6, 6.07) is 0. The van der Waals surface area contributed by atoms with Crippen molar-refractivity contribution in [2.24, 2.45) is 5.92 Å². The Morgan fingerprint density at radius 3 is 2.62 bits per heavy atom. The van der Waals surface area contributed by atoms with Crippen molar-refractivity contribution in [1.82, 2.24) is 0 Å². The number of carbonyl (C=O) groups excluding carboxylic acids is 1. The predicted octanol–water partition coefficient (Wildman–Crippen LogP) is 3.25. The quantitative estimate of drug-likeness (QED) is 0.563. The molecular formula is C12H18O. The molecule has 2 aliphatic carbocycles. The van der Waals surface area contributed by atoms with Crippen molar-refractivity contribution >= 4 is 5.78 Å². The van der Waals surface area contributed by atoms with Gasteiger partial charge in [0.2, 0.25) is 0 Å². The van der Waals surface area contributed by atoms with Crippen LogP contribution in [0, 0.1) is 5.92 Å². The van der Waals surface area contributed by atoms with Crippen molar-refractivity contribution in [2.45, 2.75) is 51.4 Å². The van der Waals surface area contributed by atoms with E-state index in [1.807, 2.05) is 0 Å². The third-order valence-electron chi connectivity index (χ3n) is 3.33. The van der Waals surface area contributed by atoms with Crippen LogP contribution in [0.3, 0.4) is 0 Å².